The highest BCUT2D eigenvalue weighted by Crippen LogP contribution is 2.18. The van der Waals surface area contributed by atoms with E-state index in [-0.39, 0.29) is 0 Å². The molecule has 0 atom stereocenters. The summed E-state index contributed by atoms with van der Waals surface area (Å²) in [7, 11) is 0. The van der Waals surface area contributed by atoms with Crippen LogP contribution in [-0.4, -0.2) is 17.2 Å². The van der Waals surface area contributed by atoms with Crippen molar-refractivity contribution < 1.29 is 0 Å². The highest BCUT2D eigenvalue weighted by molar-refractivity contribution is 6.01. The molecule has 98 valence electrons. The Labute approximate surface area is 114 Å². The first-order chi connectivity index (χ1) is 9.10. The Bertz CT molecular complexity index is 644. The van der Waals surface area contributed by atoms with Crippen LogP contribution in [0.25, 0.3) is 17.0 Å². The number of benzene rings is 1. The van der Waals surface area contributed by atoms with Gasteiger partial charge in [0.05, 0.1) is 0 Å². The smallest absolute Gasteiger partial charge is 0.0465 e. The lowest BCUT2D eigenvalue weighted by atomic mass is 10.1. The predicted molar refractivity (Wildman–Crippen MR) is 84.9 cm³/mol. The molecule has 1 heterocycles. The highest BCUT2D eigenvalue weighted by Gasteiger charge is 2.02. The zero-order chi connectivity index (χ0) is 13.8. The molecule has 19 heavy (non-hydrogen) atoms. The molecule has 2 aromatic rings. The van der Waals surface area contributed by atoms with Crippen molar-refractivity contribution in [2.75, 3.05) is 6.54 Å². The van der Waals surface area contributed by atoms with Crippen molar-refractivity contribution in [3.63, 3.8) is 0 Å². The first kappa shape index (κ1) is 13.3. The van der Waals surface area contributed by atoms with Crippen molar-refractivity contribution in [2.45, 2.75) is 20.3 Å². The Hall–Kier alpha value is -2.09. The molecule has 0 fully saturated rings. The van der Waals surface area contributed by atoms with Gasteiger partial charge in [-0.1, -0.05) is 24.3 Å². The van der Waals surface area contributed by atoms with E-state index in [1.165, 1.54) is 11.0 Å². The predicted octanol–water partition coefficient (Wildman–Crippen LogP) is 4.59. The topological polar surface area (TPSA) is 28.1 Å². The summed E-state index contributed by atoms with van der Waals surface area (Å²) >= 11 is 0. The third kappa shape index (κ3) is 3.22. The van der Waals surface area contributed by atoms with Crippen molar-refractivity contribution in [1.82, 2.24) is 4.98 Å². The molecule has 2 heteroatoms. The van der Waals surface area contributed by atoms with Crippen LogP contribution in [0.3, 0.4) is 0 Å². The number of nitrogens with one attached hydrogen (secondary N) is 1. The molecule has 1 N–H and O–H groups in total. The summed E-state index contributed by atoms with van der Waals surface area (Å²) in [5.74, 6) is 0. The summed E-state index contributed by atoms with van der Waals surface area (Å²) in [6, 6.07) is 8.47. The van der Waals surface area contributed by atoms with Crippen LogP contribution in [0, 0.1) is 0 Å². The average Bonchev–Trinajstić information content (AvgIpc) is 2.79. The van der Waals surface area contributed by atoms with E-state index in [0.29, 0.717) is 0 Å². The van der Waals surface area contributed by atoms with Gasteiger partial charge in [0, 0.05) is 28.9 Å². The summed E-state index contributed by atoms with van der Waals surface area (Å²) < 4.78 is 0. The van der Waals surface area contributed by atoms with Gasteiger partial charge in [-0.2, -0.15) is 0 Å². The molecular weight excluding hydrogens is 232 g/mol. The molecule has 0 unspecified atom stereocenters. The molecular formula is C17H20N2. The number of aromatic nitrogens is 1. The van der Waals surface area contributed by atoms with Crippen LogP contribution in [0.2, 0.25) is 0 Å². The molecule has 0 radical (unpaired) electrons. The third-order valence-electron chi connectivity index (χ3n) is 3.17. The van der Waals surface area contributed by atoms with E-state index in [1.807, 2.05) is 13.0 Å². The van der Waals surface area contributed by atoms with E-state index in [0.717, 1.165) is 35.5 Å². The van der Waals surface area contributed by atoms with E-state index in [1.54, 1.807) is 0 Å². The van der Waals surface area contributed by atoms with Gasteiger partial charge in [-0.15, -0.1) is 6.58 Å². The van der Waals surface area contributed by atoms with E-state index in [9.17, 15) is 0 Å². The van der Waals surface area contributed by atoms with E-state index < -0.39 is 0 Å². The number of rotatable bonds is 5. The number of fused-ring (bicyclic) bond motifs is 1. The van der Waals surface area contributed by atoms with Gasteiger partial charge in [0.15, 0.2) is 0 Å². The maximum atomic E-state index is 4.59. The van der Waals surface area contributed by atoms with Gasteiger partial charge < -0.3 is 4.98 Å². The standard InChI is InChI=1S/C17H20N2/c1-5-16-10-15-7-6-14(11-17(15)19-16)13(4)18-9-8-12(2)3/h5-7,10-11,19H,1-2,8-9H2,3-4H3/b18-13+. The Morgan fingerprint density at radius 2 is 2.11 bits per heavy atom. The zero-order valence-corrected chi connectivity index (χ0v) is 11.7. The van der Waals surface area contributed by atoms with Crippen molar-refractivity contribution >= 4 is 22.7 Å². The fourth-order valence-electron chi connectivity index (χ4n) is 1.99. The van der Waals surface area contributed by atoms with E-state index >= 15 is 0 Å². The first-order valence-electron chi connectivity index (χ1n) is 6.51. The normalized spacial score (nSPS) is 11.8. The van der Waals surface area contributed by atoms with Gasteiger partial charge >= 0.3 is 0 Å². The van der Waals surface area contributed by atoms with Crippen LogP contribution in [-0.2, 0) is 0 Å². The lowest BCUT2D eigenvalue weighted by Crippen LogP contribution is -1.96. The second-order valence-electron chi connectivity index (χ2n) is 4.91. The second kappa shape index (κ2) is 5.70. The molecule has 0 saturated carbocycles. The first-order valence-corrected chi connectivity index (χ1v) is 6.51. The van der Waals surface area contributed by atoms with Gasteiger partial charge in [0.1, 0.15) is 0 Å². The molecule has 0 saturated heterocycles. The summed E-state index contributed by atoms with van der Waals surface area (Å²) in [6.45, 7) is 12.6. The summed E-state index contributed by atoms with van der Waals surface area (Å²) in [5.41, 5.74) is 5.57. The zero-order valence-electron chi connectivity index (χ0n) is 11.7. The van der Waals surface area contributed by atoms with Crippen LogP contribution in [0.15, 0.2) is 48.0 Å². The van der Waals surface area contributed by atoms with Gasteiger partial charge in [0.2, 0.25) is 0 Å². The molecule has 2 nitrogen and oxygen atoms in total. The van der Waals surface area contributed by atoms with Crippen LogP contribution in [0.5, 0.6) is 0 Å². The number of hydrogen-bond donors (Lipinski definition) is 1. The SMILES string of the molecule is C=Cc1cc2ccc(/C(C)=N/CCC(=C)C)cc2[nH]1. The number of H-pyrrole nitrogens is 1. The molecule has 0 aliphatic rings. The lowest BCUT2D eigenvalue weighted by Gasteiger charge is -2.02. The molecule has 1 aromatic heterocycles. The third-order valence-corrected chi connectivity index (χ3v) is 3.17. The fourth-order valence-corrected chi connectivity index (χ4v) is 1.99. The maximum Gasteiger partial charge on any atom is 0.0465 e. The maximum absolute atomic E-state index is 4.59. The quantitative estimate of drug-likeness (QED) is 0.595. The van der Waals surface area contributed by atoms with Crippen molar-refractivity contribution in [2.24, 2.45) is 4.99 Å². The second-order valence-corrected chi connectivity index (χ2v) is 4.91. The van der Waals surface area contributed by atoms with Crippen LogP contribution >= 0.6 is 0 Å². The van der Waals surface area contributed by atoms with Crippen LogP contribution in [0.4, 0.5) is 0 Å². The summed E-state index contributed by atoms with van der Waals surface area (Å²) in [5, 5.41) is 1.20. The summed E-state index contributed by atoms with van der Waals surface area (Å²) in [6.07, 6.45) is 2.77. The number of nitrogens with zero attached hydrogens (tertiary/aromatic N) is 1. The monoisotopic (exact) mass is 252 g/mol. The van der Waals surface area contributed by atoms with E-state index in [4.69, 9.17) is 0 Å². The molecule has 0 spiro atoms. The summed E-state index contributed by atoms with van der Waals surface area (Å²) in [4.78, 5) is 7.92. The number of aromatic amines is 1. The Balaban J connectivity index is 2.24. The van der Waals surface area contributed by atoms with Crippen molar-refractivity contribution in [3.05, 3.63) is 54.3 Å². The minimum Gasteiger partial charge on any atom is -0.355 e. The molecule has 0 aliphatic heterocycles. The van der Waals surface area contributed by atoms with Gasteiger partial charge in [-0.3, -0.25) is 4.99 Å². The lowest BCUT2D eigenvalue weighted by molar-refractivity contribution is 0.954. The van der Waals surface area contributed by atoms with Crippen molar-refractivity contribution in [3.8, 4) is 0 Å². The fraction of sp³-hybridized carbons (Fsp3) is 0.235. The van der Waals surface area contributed by atoms with Gasteiger partial charge in [0.25, 0.3) is 0 Å². The Kier molecular flexibility index (Phi) is 4.00. The van der Waals surface area contributed by atoms with E-state index in [2.05, 4.69) is 54.3 Å². The minimum atomic E-state index is 0.807. The van der Waals surface area contributed by atoms with Crippen molar-refractivity contribution in [1.29, 1.82) is 0 Å². The number of hydrogen-bond acceptors (Lipinski definition) is 1. The minimum absolute atomic E-state index is 0.807. The largest absolute Gasteiger partial charge is 0.355 e. The Morgan fingerprint density at radius 1 is 1.32 bits per heavy atom. The molecule has 0 bridgehead atoms. The molecule has 0 amide bonds. The number of aliphatic imine (C=N–C) groups is 1. The van der Waals surface area contributed by atoms with Crippen LogP contribution in [0.1, 0.15) is 31.5 Å². The Morgan fingerprint density at radius 3 is 2.79 bits per heavy atom. The van der Waals surface area contributed by atoms with Gasteiger partial charge in [-0.25, -0.2) is 0 Å². The van der Waals surface area contributed by atoms with Gasteiger partial charge in [-0.05, 0) is 44.0 Å². The average molecular weight is 252 g/mol. The highest BCUT2D eigenvalue weighted by atomic mass is 14.7. The molecule has 2 rings (SSSR count). The van der Waals surface area contributed by atoms with Crippen LogP contribution < -0.4 is 0 Å². The molecule has 0 aliphatic carbocycles. The molecule has 1 aromatic carbocycles.